The Bertz CT molecular complexity index is 1260. The topological polar surface area (TPSA) is 105 Å². The minimum Gasteiger partial charge on any atom is -0.489 e. The third-order valence-corrected chi connectivity index (χ3v) is 8.92. The first kappa shape index (κ1) is 22.0. The summed E-state index contributed by atoms with van der Waals surface area (Å²) < 4.78 is 12.3. The maximum atomic E-state index is 13.2. The molecule has 2 saturated carbocycles. The number of rotatable bonds is 5. The number of likely N-dealkylation sites (tertiary alicyclic amines) is 1. The van der Waals surface area contributed by atoms with Gasteiger partial charge in [0.2, 0.25) is 5.91 Å². The predicted octanol–water partition coefficient (Wildman–Crippen LogP) is 2.53. The molecule has 5 fully saturated rings. The van der Waals surface area contributed by atoms with Crippen LogP contribution in [-0.4, -0.2) is 63.3 Å². The van der Waals surface area contributed by atoms with E-state index in [9.17, 15) is 14.4 Å². The summed E-state index contributed by atoms with van der Waals surface area (Å²) in [4.78, 5) is 46.3. The van der Waals surface area contributed by atoms with Crippen molar-refractivity contribution in [3.05, 3.63) is 47.2 Å². The van der Waals surface area contributed by atoms with Gasteiger partial charge in [0.15, 0.2) is 5.89 Å². The summed E-state index contributed by atoms with van der Waals surface area (Å²) in [7, 11) is 0. The van der Waals surface area contributed by atoms with Gasteiger partial charge >= 0.3 is 0 Å². The zero-order valence-corrected chi connectivity index (χ0v) is 20.4. The lowest BCUT2D eigenvalue weighted by Gasteiger charge is -2.53. The van der Waals surface area contributed by atoms with Crippen LogP contribution in [0.4, 0.5) is 0 Å². The molecule has 2 bridgehead atoms. The first-order valence-electron chi connectivity index (χ1n) is 13.0. The Labute approximate surface area is 209 Å². The Morgan fingerprint density at radius 1 is 1.11 bits per heavy atom. The molecule has 1 N–H and O–H groups in total. The number of aryl methyl sites for hydroxylation is 1. The average molecular weight is 491 g/mol. The number of ether oxygens (including phenoxy) is 1. The second-order valence-corrected chi connectivity index (χ2v) is 11.1. The maximum absolute atomic E-state index is 13.2. The predicted molar refractivity (Wildman–Crippen MR) is 127 cm³/mol. The number of imide groups is 1. The van der Waals surface area contributed by atoms with E-state index in [1.165, 1.54) is 6.42 Å². The van der Waals surface area contributed by atoms with Crippen LogP contribution in [-0.2, 0) is 16.1 Å². The molecule has 1 unspecified atom stereocenters. The van der Waals surface area contributed by atoms with E-state index in [2.05, 4.69) is 15.2 Å². The third kappa shape index (κ3) is 3.25. The largest absolute Gasteiger partial charge is 0.489 e. The number of carbonyl (C=O) groups excluding carboxylic acids is 3. The monoisotopic (exact) mass is 490 g/mol. The second-order valence-electron chi connectivity index (χ2n) is 11.1. The number of nitrogens with zero attached hydrogens (tertiary/aromatic N) is 3. The summed E-state index contributed by atoms with van der Waals surface area (Å²) in [6, 6.07) is 6.03. The van der Waals surface area contributed by atoms with Gasteiger partial charge in [0.25, 0.3) is 11.8 Å². The molecule has 188 valence electrons. The van der Waals surface area contributed by atoms with Crippen LogP contribution in [0.25, 0.3) is 0 Å². The zero-order chi connectivity index (χ0) is 24.6. The van der Waals surface area contributed by atoms with E-state index < -0.39 is 5.54 Å². The summed E-state index contributed by atoms with van der Waals surface area (Å²) >= 11 is 0. The van der Waals surface area contributed by atoms with Crippen molar-refractivity contribution < 1.29 is 23.5 Å². The molecule has 1 aromatic heterocycles. The number of aromatic nitrogens is 1. The van der Waals surface area contributed by atoms with Crippen molar-refractivity contribution in [1.29, 1.82) is 0 Å². The highest BCUT2D eigenvalue weighted by atomic mass is 16.5. The summed E-state index contributed by atoms with van der Waals surface area (Å²) in [5.74, 6) is 1.93. The molecule has 2 atom stereocenters. The summed E-state index contributed by atoms with van der Waals surface area (Å²) in [5.41, 5.74) is 0.618. The van der Waals surface area contributed by atoms with Gasteiger partial charge in [0, 0.05) is 37.2 Å². The van der Waals surface area contributed by atoms with E-state index in [4.69, 9.17) is 9.15 Å². The Kier molecular flexibility index (Phi) is 4.83. The molecule has 6 aliphatic rings. The van der Waals surface area contributed by atoms with E-state index in [1.54, 1.807) is 11.1 Å². The van der Waals surface area contributed by atoms with Gasteiger partial charge in [-0.2, -0.15) is 0 Å². The first-order valence-corrected chi connectivity index (χ1v) is 13.0. The molecule has 3 saturated heterocycles. The Hall–Kier alpha value is -3.20. The fourth-order valence-electron chi connectivity index (χ4n) is 6.82. The van der Waals surface area contributed by atoms with Crippen molar-refractivity contribution in [3.8, 4) is 5.75 Å². The summed E-state index contributed by atoms with van der Waals surface area (Å²) in [5, 5.41) is 2.44. The molecule has 5 heterocycles. The number of carbonyl (C=O) groups is 3. The molecule has 2 aromatic rings. The number of fused-ring (bicyclic) bond motifs is 3. The number of benzene rings is 1. The molecule has 3 amide bonds. The molecule has 36 heavy (non-hydrogen) atoms. The number of oxazole rings is 1. The highest BCUT2D eigenvalue weighted by Crippen LogP contribution is 2.49. The minimum absolute atomic E-state index is 0.0957. The van der Waals surface area contributed by atoms with E-state index >= 15 is 0 Å². The van der Waals surface area contributed by atoms with Crippen molar-refractivity contribution in [2.75, 3.05) is 13.1 Å². The van der Waals surface area contributed by atoms with Crippen LogP contribution in [0.15, 0.2) is 28.8 Å². The molecular formula is C27H30N4O5. The molecule has 1 aromatic carbocycles. The summed E-state index contributed by atoms with van der Waals surface area (Å²) in [6.45, 7) is 4.17. The smallest absolute Gasteiger partial charge is 0.255 e. The lowest BCUT2D eigenvalue weighted by Crippen LogP contribution is -2.73. The highest BCUT2D eigenvalue weighted by Gasteiger charge is 2.63. The Morgan fingerprint density at radius 2 is 1.92 bits per heavy atom. The fraction of sp³-hybridized carbons (Fsp3) is 0.556. The Balaban J connectivity index is 1.04. The summed E-state index contributed by atoms with van der Waals surface area (Å²) in [6.07, 6.45) is 7.19. The van der Waals surface area contributed by atoms with Crippen molar-refractivity contribution >= 4 is 17.7 Å². The minimum atomic E-state index is -0.889. The van der Waals surface area contributed by atoms with Gasteiger partial charge in [0.1, 0.15) is 23.2 Å². The zero-order valence-electron chi connectivity index (χ0n) is 20.4. The van der Waals surface area contributed by atoms with Crippen LogP contribution in [0.3, 0.4) is 0 Å². The van der Waals surface area contributed by atoms with Gasteiger partial charge in [-0.05, 0) is 62.8 Å². The van der Waals surface area contributed by atoms with Gasteiger partial charge < -0.3 is 14.1 Å². The standard InChI is InChI=1S/C27H30N4O5/c1-15-11-28-24(35-15)18-12-30(13-18)21-4-2-3-5-22(21)36-19-6-7-20-16(8-19)14-31(25(20)33)27-9-17(10-27)23(32)29-26(27)34/h6-8,11,17-18,21-22H,2-5,9-10,12-14H2,1H3,(H,29,32,34)/t17?,21?,22-,27?/m1/s1. The van der Waals surface area contributed by atoms with Gasteiger partial charge in [-0.25, -0.2) is 4.98 Å². The normalized spacial score (nSPS) is 32.1. The molecule has 4 aliphatic heterocycles. The average Bonchev–Trinajstić information content (AvgIpc) is 3.36. The van der Waals surface area contributed by atoms with E-state index in [-0.39, 0.29) is 29.7 Å². The van der Waals surface area contributed by atoms with E-state index in [1.807, 2.05) is 25.1 Å². The SMILES string of the molecule is Cc1cnc(C2CN(C3CCCC[C@H]3Oc3ccc4c(c3)CN(C35CC(C3)C(=O)NC5=O)C4=O)C2)o1. The van der Waals surface area contributed by atoms with Crippen molar-refractivity contribution in [2.45, 2.75) is 75.6 Å². The van der Waals surface area contributed by atoms with E-state index in [0.717, 1.165) is 55.3 Å². The number of hydrogen-bond acceptors (Lipinski definition) is 7. The number of piperidine rings is 2. The molecular weight excluding hydrogens is 460 g/mol. The fourth-order valence-corrected chi connectivity index (χ4v) is 6.82. The molecule has 9 heteroatoms. The van der Waals surface area contributed by atoms with Crippen LogP contribution in [0.5, 0.6) is 5.75 Å². The van der Waals surface area contributed by atoms with Crippen LogP contribution in [0.2, 0.25) is 0 Å². The lowest BCUT2D eigenvalue weighted by molar-refractivity contribution is -0.160. The maximum Gasteiger partial charge on any atom is 0.255 e. The van der Waals surface area contributed by atoms with Crippen molar-refractivity contribution in [2.24, 2.45) is 5.92 Å². The molecule has 9 nitrogen and oxygen atoms in total. The van der Waals surface area contributed by atoms with Gasteiger partial charge in [0.05, 0.1) is 12.1 Å². The quantitative estimate of drug-likeness (QED) is 0.642. The molecule has 8 rings (SSSR count). The molecule has 2 aliphatic carbocycles. The molecule has 0 radical (unpaired) electrons. The number of hydrogen-bond donors (Lipinski definition) is 1. The van der Waals surface area contributed by atoms with Crippen LogP contribution in [0.1, 0.15) is 72.0 Å². The number of amides is 3. The van der Waals surface area contributed by atoms with Crippen LogP contribution in [0, 0.1) is 12.8 Å². The third-order valence-electron chi connectivity index (χ3n) is 8.92. The van der Waals surface area contributed by atoms with Gasteiger partial charge in [-0.15, -0.1) is 0 Å². The van der Waals surface area contributed by atoms with Gasteiger partial charge in [-0.3, -0.25) is 24.6 Å². The number of nitrogens with one attached hydrogen (secondary N) is 1. The highest BCUT2D eigenvalue weighted by molar-refractivity contribution is 6.10. The lowest BCUT2D eigenvalue weighted by atomic mass is 9.63. The van der Waals surface area contributed by atoms with Crippen LogP contribution >= 0.6 is 0 Å². The van der Waals surface area contributed by atoms with Crippen LogP contribution < -0.4 is 10.1 Å². The Morgan fingerprint density at radius 3 is 2.67 bits per heavy atom. The first-order chi connectivity index (χ1) is 17.4. The van der Waals surface area contributed by atoms with E-state index in [0.29, 0.717) is 36.9 Å². The second kappa shape index (κ2) is 7.90. The molecule has 0 spiro atoms. The van der Waals surface area contributed by atoms with Crippen molar-refractivity contribution in [1.82, 2.24) is 20.1 Å². The van der Waals surface area contributed by atoms with Crippen molar-refractivity contribution in [3.63, 3.8) is 0 Å². The van der Waals surface area contributed by atoms with Gasteiger partial charge in [-0.1, -0.05) is 6.42 Å².